The quantitative estimate of drug-likeness (QED) is 0.224. The van der Waals surface area contributed by atoms with Crippen LogP contribution in [0, 0.1) is 18.8 Å². The number of nitrogens with one attached hydrogen (secondary N) is 1. The summed E-state index contributed by atoms with van der Waals surface area (Å²) >= 11 is 0. The van der Waals surface area contributed by atoms with E-state index in [1.807, 2.05) is 13.8 Å². The van der Waals surface area contributed by atoms with Gasteiger partial charge in [-0.1, -0.05) is 12.5 Å². The molecule has 124 valence electrons. The van der Waals surface area contributed by atoms with Crippen LogP contribution in [0.1, 0.15) is 47.5 Å². The number of hydrogen-bond donors (Lipinski definition) is 1. The zero-order valence-corrected chi connectivity index (χ0v) is 14.8. The van der Waals surface area contributed by atoms with E-state index >= 15 is 0 Å². The summed E-state index contributed by atoms with van der Waals surface area (Å²) in [5, 5.41) is 0. The van der Waals surface area contributed by atoms with E-state index in [2.05, 4.69) is 23.7 Å². The van der Waals surface area contributed by atoms with E-state index in [0.717, 1.165) is 6.42 Å². The fraction of sp³-hybridized carbons (Fsp3) is 0.625. The summed E-state index contributed by atoms with van der Waals surface area (Å²) < 4.78 is 4.42. The minimum atomic E-state index is -0.373. The monoisotopic (exact) mass is 305 g/mol. The molecule has 0 heterocycles. The standard InChI is InChI=1S/C11H19NO2.C5H9O2.Li/c1-5-7-14-12-11(13)10(6-2)8-9(3)4;1-5(2,3)7-4-6;/h5,10H,1-2,6-8H2,3-4H3,(H,12,13);1-3H3;/q-2;-1;+1. The van der Waals surface area contributed by atoms with Gasteiger partial charge in [0.05, 0.1) is 12.2 Å². The summed E-state index contributed by atoms with van der Waals surface area (Å²) in [5.41, 5.74) is 2.00. The van der Waals surface area contributed by atoms with Crippen LogP contribution in [0.25, 0.3) is 0 Å². The second-order valence-electron chi connectivity index (χ2n) is 5.76. The molecule has 0 rings (SSSR count). The molecule has 0 saturated carbocycles. The molecule has 0 spiro atoms. The molecule has 0 fully saturated rings. The van der Waals surface area contributed by atoms with Gasteiger partial charge in [0, 0.05) is 0 Å². The molecule has 1 atom stereocenters. The Balaban J connectivity index is -0.000000385. The number of ether oxygens (including phenoxy) is 1. The minimum absolute atomic E-state index is 0. The Kier molecular flexibility index (Phi) is 18.0. The van der Waals surface area contributed by atoms with E-state index < -0.39 is 0 Å². The van der Waals surface area contributed by atoms with Crippen LogP contribution in [-0.4, -0.2) is 24.6 Å². The van der Waals surface area contributed by atoms with Crippen LogP contribution in [-0.2, 0) is 19.2 Å². The average Bonchev–Trinajstić information content (AvgIpc) is 2.35. The first kappa shape index (κ1) is 26.2. The van der Waals surface area contributed by atoms with Crippen LogP contribution in [0.2, 0.25) is 0 Å². The predicted molar refractivity (Wildman–Crippen MR) is 83.5 cm³/mol. The van der Waals surface area contributed by atoms with Gasteiger partial charge in [0.25, 0.3) is 0 Å². The Morgan fingerprint density at radius 2 is 2.00 bits per heavy atom. The molecule has 1 N–H and O–H groups in total. The molecule has 0 aromatic carbocycles. The average molecular weight is 305 g/mol. The SMILES string of the molecule is C=CCONC(=O)C(C[CH2-])C[C-](C)C.CC(C)(C)O[C-]=O.[Li+]. The second-order valence-corrected chi connectivity index (χ2v) is 5.76. The summed E-state index contributed by atoms with van der Waals surface area (Å²) in [7, 11) is 0. The molecule has 22 heavy (non-hydrogen) atoms. The van der Waals surface area contributed by atoms with E-state index in [-0.39, 0.29) is 36.3 Å². The molecule has 0 radical (unpaired) electrons. The van der Waals surface area contributed by atoms with Crippen molar-refractivity contribution < 1.29 is 38.0 Å². The van der Waals surface area contributed by atoms with Gasteiger partial charge < -0.3 is 22.4 Å². The maximum atomic E-state index is 11.5. The largest absolute Gasteiger partial charge is 1.00 e. The van der Waals surface area contributed by atoms with Gasteiger partial charge in [0.1, 0.15) is 0 Å². The van der Waals surface area contributed by atoms with Crippen molar-refractivity contribution >= 4 is 12.4 Å². The topological polar surface area (TPSA) is 64.6 Å². The maximum absolute atomic E-state index is 11.5. The molecular formula is C16H28LiNO4-2. The summed E-state index contributed by atoms with van der Waals surface area (Å²) in [4.78, 5) is 25.8. The molecule has 0 bridgehead atoms. The number of carbonyl (C=O) groups is 1. The zero-order chi connectivity index (χ0) is 16.9. The molecule has 5 nitrogen and oxygen atoms in total. The number of hydrogen-bond acceptors (Lipinski definition) is 4. The van der Waals surface area contributed by atoms with Gasteiger partial charge in [0.2, 0.25) is 5.91 Å². The van der Waals surface area contributed by atoms with Gasteiger partial charge in [0.15, 0.2) is 0 Å². The van der Waals surface area contributed by atoms with Crippen LogP contribution >= 0.6 is 0 Å². The van der Waals surface area contributed by atoms with Crippen LogP contribution in [0.4, 0.5) is 0 Å². The van der Waals surface area contributed by atoms with Crippen molar-refractivity contribution in [2.75, 3.05) is 6.61 Å². The van der Waals surface area contributed by atoms with Crippen LogP contribution in [0.5, 0.6) is 0 Å². The molecule has 1 unspecified atom stereocenters. The Hall–Kier alpha value is -0.763. The maximum Gasteiger partial charge on any atom is 1.00 e. The third-order valence-electron chi connectivity index (χ3n) is 2.10. The van der Waals surface area contributed by atoms with Gasteiger partial charge in [-0.2, -0.15) is 26.7 Å². The van der Waals surface area contributed by atoms with Crippen molar-refractivity contribution in [1.29, 1.82) is 0 Å². The van der Waals surface area contributed by atoms with E-state index in [1.54, 1.807) is 26.8 Å². The number of rotatable bonds is 8. The zero-order valence-electron chi connectivity index (χ0n) is 14.8. The molecule has 0 aromatic rings. The summed E-state index contributed by atoms with van der Waals surface area (Å²) in [6.45, 7) is 18.3. The third-order valence-corrected chi connectivity index (χ3v) is 2.10. The number of amides is 1. The van der Waals surface area contributed by atoms with Crippen LogP contribution < -0.4 is 24.3 Å². The van der Waals surface area contributed by atoms with Crippen molar-refractivity contribution in [2.24, 2.45) is 5.92 Å². The molecule has 1 amide bonds. The van der Waals surface area contributed by atoms with Gasteiger partial charge in [-0.05, 0) is 26.7 Å². The third kappa shape index (κ3) is 19.2. The molecule has 0 aliphatic rings. The van der Waals surface area contributed by atoms with Crippen molar-refractivity contribution in [3.05, 3.63) is 25.5 Å². The predicted octanol–water partition coefficient (Wildman–Crippen LogP) is -0.0623. The minimum Gasteiger partial charge on any atom is -0.649 e. The van der Waals surface area contributed by atoms with Gasteiger partial charge in [-0.3, -0.25) is 9.63 Å². The Labute approximate surface area is 147 Å². The van der Waals surface area contributed by atoms with Gasteiger partial charge >= 0.3 is 18.9 Å². The first-order chi connectivity index (χ1) is 9.67. The second kappa shape index (κ2) is 15.1. The summed E-state index contributed by atoms with van der Waals surface area (Å²) in [6.07, 6.45) is 2.91. The summed E-state index contributed by atoms with van der Waals surface area (Å²) in [5.74, 6) is 1.02. The number of hydroxylamine groups is 1. The van der Waals surface area contributed by atoms with Crippen molar-refractivity contribution in [3.8, 4) is 0 Å². The van der Waals surface area contributed by atoms with Crippen LogP contribution in [0.15, 0.2) is 12.7 Å². The van der Waals surface area contributed by atoms with E-state index in [4.69, 9.17) is 4.84 Å². The molecule has 0 saturated heterocycles. The van der Waals surface area contributed by atoms with E-state index in [1.165, 1.54) is 12.4 Å². The van der Waals surface area contributed by atoms with Crippen molar-refractivity contribution in [2.45, 2.75) is 53.1 Å². The van der Waals surface area contributed by atoms with Gasteiger partial charge in [-0.15, -0.1) is 6.58 Å². The summed E-state index contributed by atoms with van der Waals surface area (Å²) in [6, 6.07) is 0. The first-order valence-electron chi connectivity index (χ1n) is 6.83. The molecule has 0 aromatic heterocycles. The Bertz CT molecular complexity index is 301. The first-order valence-corrected chi connectivity index (χ1v) is 6.83. The van der Waals surface area contributed by atoms with E-state index in [9.17, 15) is 9.59 Å². The van der Waals surface area contributed by atoms with Crippen molar-refractivity contribution in [1.82, 2.24) is 5.48 Å². The molecule has 6 heteroatoms. The van der Waals surface area contributed by atoms with Crippen LogP contribution in [0.3, 0.4) is 0 Å². The smallest absolute Gasteiger partial charge is 0.649 e. The molecule has 0 aliphatic heterocycles. The molecule has 0 aliphatic carbocycles. The molecular weight excluding hydrogens is 277 g/mol. The normalized spacial score (nSPS) is 11.4. The van der Waals surface area contributed by atoms with E-state index in [0.29, 0.717) is 13.0 Å². The van der Waals surface area contributed by atoms with Gasteiger partial charge in [-0.25, -0.2) is 5.48 Å². The fourth-order valence-electron chi connectivity index (χ4n) is 1.20. The van der Waals surface area contributed by atoms with Crippen molar-refractivity contribution in [3.63, 3.8) is 0 Å². The fourth-order valence-corrected chi connectivity index (χ4v) is 1.20. The number of carbonyl (C=O) groups excluding carboxylic acids is 2. The Morgan fingerprint density at radius 3 is 2.27 bits per heavy atom. The Morgan fingerprint density at radius 1 is 1.45 bits per heavy atom.